The van der Waals surface area contributed by atoms with Crippen molar-refractivity contribution in [1.82, 2.24) is 10.2 Å². The number of nitrogens with zero attached hydrogens (tertiary/aromatic N) is 2. The molecule has 2 amide bonds. The molecule has 3 N–H and O–H groups in total. The predicted octanol–water partition coefficient (Wildman–Crippen LogP) is 1.25. The zero-order chi connectivity index (χ0) is 19.1. The first-order valence-corrected chi connectivity index (χ1v) is 9.88. The Morgan fingerprint density at radius 1 is 1.50 bits per heavy atom. The van der Waals surface area contributed by atoms with Crippen molar-refractivity contribution in [1.29, 1.82) is 0 Å². The van der Waals surface area contributed by atoms with Crippen LogP contribution in [0.4, 0.5) is 5.69 Å². The number of rotatable bonds is 8. The first kappa shape index (κ1) is 20.2. The standard InChI is InChI=1S/C17H24N4O4S/c1-26-8-6-15(17(23)20-7-5-12(10-18)11-20)19-16(22)13-3-2-4-14(9-13)21(24)25/h2-4,9,12,15H,5-8,10-11,18H2,1H3,(H,19,22). The molecule has 1 aliphatic rings. The molecule has 1 aromatic carbocycles. The summed E-state index contributed by atoms with van der Waals surface area (Å²) in [4.78, 5) is 37.4. The van der Waals surface area contributed by atoms with Gasteiger partial charge < -0.3 is 16.0 Å². The van der Waals surface area contributed by atoms with Crippen molar-refractivity contribution >= 4 is 29.3 Å². The monoisotopic (exact) mass is 380 g/mol. The summed E-state index contributed by atoms with van der Waals surface area (Å²) in [5.41, 5.74) is 5.69. The lowest BCUT2D eigenvalue weighted by molar-refractivity contribution is -0.384. The van der Waals surface area contributed by atoms with Crippen molar-refractivity contribution in [2.75, 3.05) is 31.6 Å². The molecule has 0 radical (unpaired) electrons. The lowest BCUT2D eigenvalue weighted by atomic mass is 10.1. The van der Waals surface area contributed by atoms with E-state index in [1.54, 1.807) is 16.7 Å². The van der Waals surface area contributed by atoms with Gasteiger partial charge in [-0.15, -0.1) is 0 Å². The molecule has 9 heteroatoms. The number of benzene rings is 1. The van der Waals surface area contributed by atoms with Gasteiger partial charge in [0.05, 0.1) is 4.92 Å². The fourth-order valence-corrected chi connectivity index (χ4v) is 3.41. The third kappa shape index (κ3) is 5.18. The molecule has 0 bridgehead atoms. The Morgan fingerprint density at radius 2 is 2.27 bits per heavy atom. The second kappa shape index (κ2) is 9.54. The van der Waals surface area contributed by atoms with Crippen molar-refractivity contribution in [3.8, 4) is 0 Å². The summed E-state index contributed by atoms with van der Waals surface area (Å²) in [6.45, 7) is 1.79. The average molecular weight is 380 g/mol. The van der Waals surface area contributed by atoms with Gasteiger partial charge in [0.15, 0.2) is 0 Å². The number of nitro benzene ring substituents is 1. The summed E-state index contributed by atoms with van der Waals surface area (Å²) in [5, 5.41) is 13.6. The summed E-state index contributed by atoms with van der Waals surface area (Å²) >= 11 is 1.59. The van der Waals surface area contributed by atoms with Crippen LogP contribution in [-0.4, -0.2) is 59.3 Å². The lowest BCUT2D eigenvalue weighted by Gasteiger charge is -2.24. The topological polar surface area (TPSA) is 119 Å². The van der Waals surface area contributed by atoms with Crippen LogP contribution in [-0.2, 0) is 4.79 Å². The van der Waals surface area contributed by atoms with E-state index in [-0.39, 0.29) is 17.2 Å². The molecule has 2 unspecified atom stereocenters. The maximum Gasteiger partial charge on any atom is 0.270 e. The van der Waals surface area contributed by atoms with Crippen molar-refractivity contribution in [2.24, 2.45) is 11.7 Å². The zero-order valence-corrected chi connectivity index (χ0v) is 15.5. The van der Waals surface area contributed by atoms with Gasteiger partial charge in [0, 0.05) is 30.8 Å². The summed E-state index contributed by atoms with van der Waals surface area (Å²) in [5.74, 6) is 0.420. The highest BCUT2D eigenvalue weighted by atomic mass is 32.2. The van der Waals surface area contributed by atoms with Crippen LogP contribution in [0, 0.1) is 16.0 Å². The minimum absolute atomic E-state index is 0.117. The van der Waals surface area contributed by atoms with E-state index >= 15 is 0 Å². The Kier molecular flexibility index (Phi) is 7.40. The predicted molar refractivity (Wildman–Crippen MR) is 101 cm³/mol. The van der Waals surface area contributed by atoms with Crippen molar-refractivity contribution in [3.05, 3.63) is 39.9 Å². The largest absolute Gasteiger partial charge is 0.341 e. The number of likely N-dealkylation sites (tertiary alicyclic amines) is 1. The molecule has 1 aromatic rings. The molecule has 1 heterocycles. The van der Waals surface area contributed by atoms with E-state index < -0.39 is 16.9 Å². The maximum atomic E-state index is 12.8. The normalized spacial score (nSPS) is 17.8. The third-order valence-corrected chi connectivity index (χ3v) is 5.11. The minimum atomic E-state index is -0.647. The van der Waals surface area contributed by atoms with E-state index in [9.17, 15) is 19.7 Å². The number of nitrogens with two attached hydrogens (primary N) is 1. The van der Waals surface area contributed by atoms with Crippen molar-refractivity contribution in [2.45, 2.75) is 18.9 Å². The number of hydrogen-bond acceptors (Lipinski definition) is 6. The Balaban J connectivity index is 2.09. The smallest absolute Gasteiger partial charge is 0.270 e. The van der Waals surface area contributed by atoms with Gasteiger partial charge in [0.25, 0.3) is 11.6 Å². The summed E-state index contributed by atoms with van der Waals surface area (Å²) in [6.07, 6.45) is 3.31. The number of carbonyl (C=O) groups excluding carboxylic acids is 2. The average Bonchev–Trinajstić information content (AvgIpc) is 3.13. The van der Waals surface area contributed by atoms with Crippen LogP contribution in [0.1, 0.15) is 23.2 Å². The second-order valence-electron chi connectivity index (χ2n) is 6.29. The van der Waals surface area contributed by atoms with Crippen LogP contribution < -0.4 is 11.1 Å². The van der Waals surface area contributed by atoms with Gasteiger partial charge in [-0.2, -0.15) is 11.8 Å². The zero-order valence-electron chi connectivity index (χ0n) is 14.7. The van der Waals surface area contributed by atoms with E-state index in [2.05, 4.69) is 5.32 Å². The third-order valence-electron chi connectivity index (χ3n) is 4.46. The van der Waals surface area contributed by atoms with Gasteiger partial charge in [-0.05, 0) is 43.4 Å². The van der Waals surface area contributed by atoms with Gasteiger partial charge in [-0.3, -0.25) is 19.7 Å². The molecular weight excluding hydrogens is 356 g/mol. The van der Waals surface area contributed by atoms with E-state index in [1.165, 1.54) is 24.3 Å². The molecule has 2 atom stereocenters. The van der Waals surface area contributed by atoms with Gasteiger partial charge in [0.1, 0.15) is 6.04 Å². The first-order chi connectivity index (χ1) is 12.5. The molecule has 0 saturated carbocycles. The van der Waals surface area contributed by atoms with Gasteiger partial charge in [-0.1, -0.05) is 6.07 Å². The minimum Gasteiger partial charge on any atom is -0.341 e. The quantitative estimate of drug-likeness (QED) is 0.518. The molecule has 1 aliphatic heterocycles. The van der Waals surface area contributed by atoms with Crippen LogP contribution >= 0.6 is 11.8 Å². The Bertz CT molecular complexity index is 670. The number of nitrogens with one attached hydrogen (secondary N) is 1. The summed E-state index contributed by atoms with van der Waals surface area (Å²) in [6, 6.07) is 4.85. The van der Waals surface area contributed by atoms with Crippen LogP contribution in [0.25, 0.3) is 0 Å². The highest BCUT2D eigenvalue weighted by Crippen LogP contribution is 2.18. The molecule has 142 valence electrons. The van der Waals surface area contributed by atoms with Gasteiger partial charge in [-0.25, -0.2) is 0 Å². The molecule has 0 aliphatic carbocycles. The van der Waals surface area contributed by atoms with Crippen LogP contribution in [0.5, 0.6) is 0 Å². The van der Waals surface area contributed by atoms with E-state index in [0.29, 0.717) is 32.0 Å². The lowest BCUT2D eigenvalue weighted by Crippen LogP contribution is -2.48. The number of nitro groups is 1. The molecule has 1 fully saturated rings. The van der Waals surface area contributed by atoms with Crippen molar-refractivity contribution < 1.29 is 14.5 Å². The van der Waals surface area contributed by atoms with E-state index in [1.807, 2.05) is 6.26 Å². The Labute approximate surface area is 156 Å². The maximum absolute atomic E-state index is 12.8. The summed E-state index contributed by atoms with van der Waals surface area (Å²) in [7, 11) is 0. The number of non-ortho nitro benzene ring substituents is 1. The number of thioether (sulfide) groups is 1. The Hall–Kier alpha value is -2.13. The molecular formula is C17H24N4O4S. The first-order valence-electron chi connectivity index (χ1n) is 8.49. The van der Waals surface area contributed by atoms with Gasteiger partial charge >= 0.3 is 0 Å². The van der Waals surface area contributed by atoms with E-state index in [4.69, 9.17) is 5.73 Å². The highest BCUT2D eigenvalue weighted by Gasteiger charge is 2.31. The fraction of sp³-hybridized carbons (Fsp3) is 0.529. The molecule has 26 heavy (non-hydrogen) atoms. The molecule has 8 nitrogen and oxygen atoms in total. The van der Waals surface area contributed by atoms with E-state index in [0.717, 1.165) is 12.2 Å². The SMILES string of the molecule is CSCCC(NC(=O)c1cccc([N+](=O)[O-])c1)C(=O)N1CCC(CN)C1. The fourth-order valence-electron chi connectivity index (χ4n) is 2.94. The van der Waals surface area contributed by atoms with Crippen molar-refractivity contribution in [3.63, 3.8) is 0 Å². The van der Waals surface area contributed by atoms with Crippen LogP contribution in [0.2, 0.25) is 0 Å². The molecule has 0 aromatic heterocycles. The second-order valence-corrected chi connectivity index (χ2v) is 7.28. The molecule has 1 saturated heterocycles. The number of carbonyl (C=O) groups is 2. The summed E-state index contributed by atoms with van der Waals surface area (Å²) < 4.78 is 0. The molecule has 0 spiro atoms. The Morgan fingerprint density at radius 3 is 2.88 bits per heavy atom. The highest BCUT2D eigenvalue weighted by molar-refractivity contribution is 7.98. The molecule has 2 rings (SSSR count). The van der Waals surface area contributed by atoms with Crippen LogP contribution in [0.15, 0.2) is 24.3 Å². The number of hydrogen-bond donors (Lipinski definition) is 2. The van der Waals surface area contributed by atoms with Gasteiger partial charge in [0.2, 0.25) is 5.91 Å². The number of amides is 2. The van der Waals surface area contributed by atoms with Crippen LogP contribution in [0.3, 0.4) is 0 Å².